The van der Waals surface area contributed by atoms with Crippen molar-refractivity contribution in [2.45, 2.75) is 264 Å². The SMILES string of the molecule is CC/C=C\C/C=C\C/C=C\C/C=C\C/C=C\C/C=C\CCC(=O)OC(COC(=O)CCCCCCCCCCC)COP(=O)(O)OCC(CO)OC(=O)CCCCCCCCCCCCCCCCCCC. The molecule has 72 heavy (non-hydrogen) atoms. The molecule has 12 heteroatoms. The van der Waals surface area contributed by atoms with Crippen molar-refractivity contribution >= 4 is 25.7 Å². The molecule has 0 aliphatic heterocycles. The predicted octanol–water partition coefficient (Wildman–Crippen LogP) is 16.9. The standard InChI is InChI=1S/C60H105O11P/c1-4-7-10-13-16-19-21-23-25-27-28-30-32-34-36-39-42-45-48-51-60(64)71-57(53-67-58(62)49-46-43-40-37-18-15-12-9-6-3)55-69-72(65,66)68-54-56(52-61)70-59(63)50-47-44-41-38-35-33-31-29-26-24-22-20-17-14-11-8-5-2/h7,10,16,19,23,25,28,30,34,36,42,45,56-57,61H,4-6,8-9,11-15,17-18,20-22,24,26-27,29,31-33,35,37-41,43-44,46-55H2,1-3H3,(H,65,66)/b10-7-,19-16-,25-23-,30-28-,36-34-,45-42-. The van der Waals surface area contributed by atoms with Crippen molar-refractivity contribution in [2.75, 3.05) is 26.4 Å². The van der Waals surface area contributed by atoms with Gasteiger partial charge in [-0.2, -0.15) is 0 Å². The van der Waals surface area contributed by atoms with Crippen molar-refractivity contribution in [1.29, 1.82) is 0 Å². The van der Waals surface area contributed by atoms with E-state index in [2.05, 4.69) is 81.5 Å². The number of carbonyl (C=O) groups is 3. The number of unbranched alkanes of at least 4 members (excludes halogenated alkanes) is 24. The van der Waals surface area contributed by atoms with Crippen LogP contribution in [-0.2, 0) is 42.2 Å². The summed E-state index contributed by atoms with van der Waals surface area (Å²) in [6, 6.07) is 0. The molecule has 0 aliphatic carbocycles. The molecule has 0 aromatic heterocycles. The zero-order valence-electron chi connectivity index (χ0n) is 45.9. The Labute approximate surface area is 439 Å². The highest BCUT2D eigenvalue weighted by atomic mass is 31.2. The lowest BCUT2D eigenvalue weighted by molar-refractivity contribution is -0.161. The van der Waals surface area contributed by atoms with Gasteiger partial charge in [0, 0.05) is 19.3 Å². The van der Waals surface area contributed by atoms with E-state index < -0.39 is 57.8 Å². The Hall–Kier alpha value is -3.08. The molecular formula is C60H105O11P. The number of esters is 3. The van der Waals surface area contributed by atoms with Crippen LogP contribution in [0, 0.1) is 0 Å². The van der Waals surface area contributed by atoms with Crippen molar-refractivity contribution in [3.8, 4) is 0 Å². The largest absolute Gasteiger partial charge is 0.472 e. The van der Waals surface area contributed by atoms with Crippen LogP contribution in [0.25, 0.3) is 0 Å². The normalized spacial score (nSPS) is 13.9. The molecular weight excluding hydrogens is 928 g/mol. The Morgan fingerprint density at radius 2 is 0.722 bits per heavy atom. The Balaban J connectivity index is 4.71. The molecule has 2 N–H and O–H groups in total. The second-order valence-corrected chi connectivity index (χ2v) is 20.5. The summed E-state index contributed by atoms with van der Waals surface area (Å²) >= 11 is 0. The van der Waals surface area contributed by atoms with E-state index in [9.17, 15) is 28.9 Å². The smallest absolute Gasteiger partial charge is 0.462 e. The molecule has 3 atom stereocenters. The lowest BCUT2D eigenvalue weighted by Crippen LogP contribution is -2.30. The van der Waals surface area contributed by atoms with Gasteiger partial charge in [-0.25, -0.2) is 4.57 Å². The van der Waals surface area contributed by atoms with Crippen molar-refractivity contribution in [3.63, 3.8) is 0 Å². The van der Waals surface area contributed by atoms with Crippen LogP contribution in [0.15, 0.2) is 72.9 Å². The highest BCUT2D eigenvalue weighted by molar-refractivity contribution is 7.47. The molecule has 0 aromatic rings. The van der Waals surface area contributed by atoms with Gasteiger partial charge in [0.15, 0.2) is 6.10 Å². The van der Waals surface area contributed by atoms with E-state index >= 15 is 0 Å². The summed E-state index contributed by atoms with van der Waals surface area (Å²) in [6.45, 7) is 4.44. The van der Waals surface area contributed by atoms with Gasteiger partial charge in [0.25, 0.3) is 0 Å². The molecule has 0 rings (SSSR count). The number of hydrogen-bond donors (Lipinski definition) is 2. The van der Waals surface area contributed by atoms with Crippen LogP contribution in [-0.4, -0.2) is 66.5 Å². The minimum absolute atomic E-state index is 0.0430. The summed E-state index contributed by atoms with van der Waals surface area (Å²) in [7, 11) is -4.76. The van der Waals surface area contributed by atoms with Gasteiger partial charge < -0.3 is 24.2 Å². The topological polar surface area (TPSA) is 155 Å². The van der Waals surface area contributed by atoms with Crippen LogP contribution in [0.4, 0.5) is 0 Å². The van der Waals surface area contributed by atoms with Gasteiger partial charge in [0.05, 0.1) is 19.8 Å². The van der Waals surface area contributed by atoms with Crippen molar-refractivity contribution in [3.05, 3.63) is 72.9 Å². The third-order valence-corrected chi connectivity index (χ3v) is 13.1. The molecule has 0 amide bonds. The van der Waals surface area contributed by atoms with Crippen LogP contribution < -0.4 is 0 Å². The molecule has 0 aliphatic rings. The number of carbonyl (C=O) groups excluding carboxylic acids is 3. The summed E-state index contributed by atoms with van der Waals surface area (Å²) in [4.78, 5) is 48.4. The van der Waals surface area contributed by atoms with E-state index in [-0.39, 0.29) is 25.9 Å². The zero-order chi connectivity index (χ0) is 52.7. The Kier molecular flexibility index (Phi) is 51.9. The number of ether oxygens (including phenoxy) is 3. The van der Waals surface area contributed by atoms with Crippen LogP contribution in [0.1, 0.15) is 252 Å². The first kappa shape index (κ1) is 68.9. The van der Waals surface area contributed by atoms with Crippen LogP contribution >= 0.6 is 7.82 Å². The van der Waals surface area contributed by atoms with Gasteiger partial charge in [-0.05, 0) is 57.8 Å². The van der Waals surface area contributed by atoms with Crippen LogP contribution in [0.5, 0.6) is 0 Å². The first-order valence-corrected chi connectivity index (χ1v) is 30.3. The summed E-state index contributed by atoms with van der Waals surface area (Å²) in [5, 5.41) is 9.81. The van der Waals surface area contributed by atoms with Crippen LogP contribution in [0.2, 0.25) is 0 Å². The number of aliphatic hydroxyl groups is 1. The summed E-state index contributed by atoms with van der Waals surface area (Å²) in [5.74, 6) is -1.56. The quantitative estimate of drug-likeness (QED) is 0.0197. The molecule has 11 nitrogen and oxygen atoms in total. The average Bonchev–Trinajstić information content (AvgIpc) is 3.37. The Bertz CT molecular complexity index is 1490. The third-order valence-electron chi connectivity index (χ3n) is 12.2. The van der Waals surface area contributed by atoms with E-state index in [0.717, 1.165) is 77.0 Å². The third kappa shape index (κ3) is 51.8. The van der Waals surface area contributed by atoms with Gasteiger partial charge in [0.2, 0.25) is 0 Å². The van der Waals surface area contributed by atoms with E-state index in [4.69, 9.17) is 23.3 Å². The van der Waals surface area contributed by atoms with E-state index in [0.29, 0.717) is 19.3 Å². The first-order chi connectivity index (χ1) is 35.2. The first-order valence-electron chi connectivity index (χ1n) is 28.8. The number of phosphoric ester groups is 1. The highest BCUT2D eigenvalue weighted by Gasteiger charge is 2.28. The molecule has 3 unspecified atom stereocenters. The number of phosphoric acid groups is 1. The lowest BCUT2D eigenvalue weighted by atomic mass is 10.0. The lowest BCUT2D eigenvalue weighted by Gasteiger charge is -2.21. The fraction of sp³-hybridized carbons (Fsp3) is 0.750. The average molecular weight is 1030 g/mol. The Morgan fingerprint density at radius 1 is 0.403 bits per heavy atom. The summed E-state index contributed by atoms with van der Waals surface area (Å²) in [6.07, 6.45) is 60.3. The molecule has 0 aromatic carbocycles. The fourth-order valence-electron chi connectivity index (χ4n) is 7.79. The second-order valence-electron chi connectivity index (χ2n) is 19.1. The van der Waals surface area contributed by atoms with Gasteiger partial charge in [-0.1, -0.05) is 248 Å². The van der Waals surface area contributed by atoms with Crippen molar-refractivity contribution in [2.24, 2.45) is 0 Å². The van der Waals surface area contributed by atoms with E-state index in [1.165, 1.54) is 116 Å². The van der Waals surface area contributed by atoms with Gasteiger partial charge in [-0.3, -0.25) is 23.4 Å². The summed E-state index contributed by atoms with van der Waals surface area (Å²) < 4.78 is 39.4. The number of allylic oxidation sites excluding steroid dienone is 12. The minimum atomic E-state index is -4.76. The number of aliphatic hydroxyl groups excluding tert-OH is 1. The van der Waals surface area contributed by atoms with E-state index in [1.807, 2.05) is 12.2 Å². The molecule has 416 valence electrons. The molecule has 0 bridgehead atoms. The predicted molar refractivity (Wildman–Crippen MR) is 298 cm³/mol. The number of hydrogen-bond acceptors (Lipinski definition) is 10. The van der Waals surface area contributed by atoms with Gasteiger partial charge in [0.1, 0.15) is 12.7 Å². The maximum absolute atomic E-state index is 12.9. The molecule has 0 saturated carbocycles. The fourth-order valence-corrected chi connectivity index (χ4v) is 8.58. The highest BCUT2D eigenvalue weighted by Crippen LogP contribution is 2.43. The van der Waals surface area contributed by atoms with Crippen LogP contribution in [0.3, 0.4) is 0 Å². The Morgan fingerprint density at radius 3 is 1.11 bits per heavy atom. The van der Waals surface area contributed by atoms with Gasteiger partial charge >= 0.3 is 25.7 Å². The minimum Gasteiger partial charge on any atom is -0.462 e. The monoisotopic (exact) mass is 1030 g/mol. The summed E-state index contributed by atoms with van der Waals surface area (Å²) in [5.41, 5.74) is 0. The maximum Gasteiger partial charge on any atom is 0.472 e. The molecule has 0 saturated heterocycles. The molecule has 0 heterocycles. The second kappa shape index (κ2) is 54.2. The van der Waals surface area contributed by atoms with Crippen molar-refractivity contribution in [1.82, 2.24) is 0 Å². The van der Waals surface area contributed by atoms with E-state index in [1.54, 1.807) is 0 Å². The maximum atomic E-state index is 12.9. The molecule has 0 radical (unpaired) electrons. The van der Waals surface area contributed by atoms with Gasteiger partial charge in [-0.15, -0.1) is 0 Å². The van der Waals surface area contributed by atoms with Crippen molar-refractivity contribution < 1.29 is 52.2 Å². The molecule has 0 fully saturated rings. The zero-order valence-corrected chi connectivity index (χ0v) is 46.8. The number of rotatable bonds is 53. The molecule has 0 spiro atoms.